The molecule has 0 unspecified atom stereocenters. The van der Waals surface area contributed by atoms with Crippen LogP contribution in [0, 0.1) is 3.57 Å². The van der Waals surface area contributed by atoms with Gasteiger partial charge in [0.15, 0.2) is 5.65 Å². The normalized spacial score (nSPS) is 22.8. The molecule has 0 spiro atoms. The average molecular weight is 522 g/mol. The molecule has 7 heteroatoms. The van der Waals surface area contributed by atoms with E-state index in [-0.39, 0.29) is 0 Å². The van der Waals surface area contributed by atoms with Gasteiger partial charge in [-0.15, -0.1) is 0 Å². The number of anilines is 1. The lowest BCUT2D eigenvalue weighted by atomic mass is 9.89. The van der Waals surface area contributed by atoms with E-state index in [9.17, 15) is 0 Å². The standard InChI is InChI=1S/C24H23IN6/c25-21-22(16-10-17-7-8-18(11-16)29-17)30-24-19(13-28-31(24)23(21)26)15-6-9-20(27-12-15)14-4-2-1-3-5-14/h1-6,9,12-13,16-18,29H,7-8,10-11,26H2/t16-,17-,18+. The van der Waals surface area contributed by atoms with Crippen molar-refractivity contribution in [1.29, 1.82) is 0 Å². The molecule has 0 amide bonds. The molecule has 0 saturated carbocycles. The lowest BCUT2D eigenvalue weighted by molar-refractivity contribution is 0.358. The van der Waals surface area contributed by atoms with E-state index < -0.39 is 0 Å². The Morgan fingerprint density at radius 1 is 0.968 bits per heavy atom. The Bertz CT molecular complexity index is 1240. The fraction of sp³-hybridized carbons (Fsp3) is 0.292. The van der Waals surface area contributed by atoms with E-state index in [2.05, 4.69) is 62.3 Å². The van der Waals surface area contributed by atoms with Crippen molar-refractivity contribution >= 4 is 34.1 Å². The summed E-state index contributed by atoms with van der Waals surface area (Å²) in [4.78, 5) is 9.82. The number of nitrogen functional groups attached to an aromatic ring is 1. The molecule has 6 nitrogen and oxygen atoms in total. The second-order valence-corrected chi connectivity index (χ2v) is 9.67. The number of nitrogens with two attached hydrogens (primary N) is 1. The number of hydrogen-bond acceptors (Lipinski definition) is 5. The number of benzene rings is 1. The highest BCUT2D eigenvalue weighted by Crippen LogP contribution is 2.40. The Labute approximate surface area is 194 Å². The van der Waals surface area contributed by atoms with Gasteiger partial charge in [-0.05, 0) is 54.3 Å². The van der Waals surface area contributed by atoms with E-state index >= 15 is 0 Å². The summed E-state index contributed by atoms with van der Waals surface area (Å²) in [5, 5.41) is 8.27. The second kappa shape index (κ2) is 7.56. The highest BCUT2D eigenvalue weighted by molar-refractivity contribution is 14.1. The molecule has 3 aromatic heterocycles. The molecule has 31 heavy (non-hydrogen) atoms. The lowest BCUT2D eigenvalue weighted by Gasteiger charge is -2.29. The zero-order chi connectivity index (χ0) is 20.9. The number of fused-ring (bicyclic) bond motifs is 3. The summed E-state index contributed by atoms with van der Waals surface area (Å²) in [7, 11) is 0. The fourth-order valence-corrected chi connectivity index (χ4v) is 5.89. The molecule has 0 radical (unpaired) electrons. The van der Waals surface area contributed by atoms with Crippen LogP contribution in [0.25, 0.3) is 28.0 Å². The molecule has 5 heterocycles. The first-order chi connectivity index (χ1) is 15.2. The molecule has 1 aromatic carbocycles. The van der Waals surface area contributed by atoms with Crippen molar-refractivity contribution in [2.24, 2.45) is 0 Å². The summed E-state index contributed by atoms with van der Waals surface area (Å²) in [5.41, 5.74) is 12.5. The molecule has 2 fully saturated rings. The highest BCUT2D eigenvalue weighted by atomic mass is 127. The molecule has 156 valence electrons. The Balaban J connectivity index is 1.41. The summed E-state index contributed by atoms with van der Waals surface area (Å²) in [5.74, 6) is 1.12. The number of nitrogens with one attached hydrogen (secondary N) is 1. The van der Waals surface area contributed by atoms with Gasteiger partial charge in [0.25, 0.3) is 0 Å². The minimum Gasteiger partial charge on any atom is -0.383 e. The molecule has 0 aliphatic carbocycles. The monoisotopic (exact) mass is 522 g/mol. The zero-order valence-corrected chi connectivity index (χ0v) is 19.2. The van der Waals surface area contributed by atoms with Crippen LogP contribution in [0.4, 0.5) is 5.82 Å². The van der Waals surface area contributed by atoms with E-state index in [1.165, 1.54) is 12.8 Å². The van der Waals surface area contributed by atoms with E-state index in [0.717, 1.165) is 50.1 Å². The van der Waals surface area contributed by atoms with Crippen molar-refractivity contribution in [3.05, 3.63) is 64.1 Å². The SMILES string of the molecule is Nc1c(I)c([C@@H]2C[C@H]3CC[C@@H](C2)N3)nc2c(-c3ccc(-c4ccccc4)nc3)cnn12. The average Bonchev–Trinajstić information content (AvgIpc) is 3.39. The first-order valence-electron chi connectivity index (χ1n) is 10.8. The van der Waals surface area contributed by atoms with Gasteiger partial charge >= 0.3 is 0 Å². The number of pyridine rings is 1. The van der Waals surface area contributed by atoms with Crippen LogP contribution in [0.3, 0.4) is 0 Å². The topological polar surface area (TPSA) is 81.1 Å². The summed E-state index contributed by atoms with van der Waals surface area (Å²) in [6.07, 6.45) is 8.56. The van der Waals surface area contributed by atoms with Crippen molar-refractivity contribution in [2.45, 2.75) is 43.7 Å². The first-order valence-corrected chi connectivity index (χ1v) is 11.9. The van der Waals surface area contributed by atoms with E-state index in [1.807, 2.05) is 30.6 Å². The maximum Gasteiger partial charge on any atom is 0.165 e. The van der Waals surface area contributed by atoms with Crippen molar-refractivity contribution in [2.75, 3.05) is 5.73 Å². The van der Waals surface area contributed by atoms with Crippen molar-refractivity contribution in [3.63, 3.8) is 0 Å². The molecule has 2 bridgehead atoms. The van der Waals surface area contributed by atoms with E-state index in [1.54, 1.807) is 4.52 Å². The fourth-order valence-electron chi connectivity index (χ4n) is 5.10. The minimum absolute atomic E-state index is 0.444. The Kier molecular flexibility index (Phi) is 4.68. The number of aromatic nitrogens is 4. The molecule has 2 aliphatic rings. The van der Waals surface area contributed by atoms with Crippen LogP contribution in [-0.2, 0) is 0 Å². The quantitative estimate of drug-likeness (QED) is 0.383. The van der Waals surface area contributed by atoms with Crippen LogP contribution >= 0.6 is 22.6 Å². The van der Waals surface area contributed by atoms with Gasteiger partial charge in [0.05, 0.1) is 21.2 Å². The van der Waals surface area contributed by atoms with Gasteiger partial charge < -0.3 is 11.1 Å². The molecular weight excluding hydrogens is 499 g/mol. The summed E-state index contributed by atoms with van der Waals surface area (Å²) >= 11 is 2.34. The smallest absolute Gasteiger partial charge is 0.165 e. The predicted molar refractivity (Wildman–Crippen MR) is 131 cm³/mol. The highest BCUT2D eigenvalue weighted by Gasteiger charge is 2.36. The van der Waals surface area contributed by atoms with Crippen molar-refractivity contribution in [3.8, 4) is 22.4 Å². The van der Waals surface area contributed by atoms with Gasteiger partial charge in [-0.2, -0.15) is 9.61 Å². The van der Waals surface area contributed by atoms with Crippen LogP contribution in [0.2, 0.25) is 0 Å². The third-order valence-electron chi connectivity index (χ3n) is 6.65. The van der Waals surface area contributed by atoms with Gasteiger partial charge in [0, 0.05) is 40.9 Å². The number of piperidine rings is 1. The first kappa shape index (κ1) is 19.2. The number of rotatable bonds is 3. The van der Waals surface area contributed by atoms with Gasteiger partial charge in [0.2, 0.25) is 0 Å². The maximum absolute atomic E-state index is 6.52. The number of halogens is 1. The number of hydrogen-bond donors (Lipinski definition) is 2. The Morgan fingerprint density at radius 2 is 1.74 bits per heavy atom. The van der Waals surface area contributed by atoms with Crippen molar-refractivity contribution < 1.29 is 0 Å². The molecular formula is C24H23IN6. The Morgan fingerprint density at radius 3 is 2.45 bits per heavy atom. The van der Waals surface area contributed by atoms with Gasteiger partial charge in [-0.1, -0.05) is 36.4 Å². The van der Waals surface area contributed by atoms with E-state index in [0.29, 0.717) is 23.8 Å². The summed E-state index contributed by atoms with van der Waals surface area (Å²) in [6.45, 7) is 0. The summed E-state index contributed by atoms with van der Waals surface area (Å²) < 4.78 is 2.80. The van der Waals surface area contributed by atoms with Crippen LogP contribution in [0.1, 0.15) is 37.3 Å². The molecule has 3 atom stereocenters. The molecule has 2 saturated heterocycles. The van der Waals surface area contributed by atoms with E-state index in [4.69, 9.17) is 10.7 Å². The molecule has 3 N–H and O–H groups in total. The second-order valence-electron chi connectivity index (χ2n) is 8.59. The van der Waals surface area contributed by atoms with Crippen LogP contribution in [0.15, 0.2) is 54.9 Å². The van der Waals surface area contributed by atoms with Gasteiger partial charge in [0.1, 0.15) is 5.82 Å². The zero-order valence-electron chi connectivity index (χ0n) is 17.0. The molecule has 6 rings (SSSR count). The lowest BCUT2D eigenvalue weighted by Crippen LogP contribution is -2.37. The van der Waals surface area contributed by atoms with Crippen LogP contribution in [-0.4, -0.2) is 31.7 Å². The van der Waals surface area contributed by atoms with Gasteiger partial charge in [-0.25, -0.2) is 4.98 Å². The predicted octanol–water partition coefficient (Wildman–Crippen LogP) is 4.64. The maximum atomic E-state index is 6.52. The largest absolute Gasteiger partial charge is 0.383 e. The third kappa shape index (κ3) is 3.30. The third-order valence-corrected chi connectivity index (χ3v) is 7.76. The molecule has 4 aromatic rings. The van der Waals surface area contributed by atoms with Crippen LogP contribution < -0.4 is 11.1 Å². The number of nitrogens with zero attached hydrogens (tertiary/aromatic N) is 4. The van der Waals surface area contributed by atoms with Gasteiger partial charge in [-0.3, -0.25) is 4.98 Å². The van der Waals surface area contributed by atoms with Crippen LogP contribution in [0.5, 0.6) is 0 Å². The Hall–Kier alpha value is -2.52. The minimum atomic E-state index is 0.444. The molecule has 2 aliphatic heterocycles. The van der Waals surface area contributed by atoms with Crippen molar-refractivity contribution in [1.82, 2.24) is 24.9 Å². The summed E-state index contributed by atoms with van der Waals surface area (Å²) in [6, 6.07) is 15.6.